The predicted molar refractivity (Wildman–Crippen MR) is 101 cm³/mol. The Hall–Kier alpha value is -2.57. The normalized spacial score (nSPS) is 15.7. The van der Waals surface area contributed by atoms with E-state index in [1.54, 1.807) is 6.20 Å². The molecule has 7 heteroatoms. The molecule has 3 rings (SSSR count). The number of aromatic nitrogens is 3. The number of hydrogen-bond donors (Lipinski definition) is 2. The van der Waals surface area contributed by atoms with Crippen molar-refractivity contribution in [3.05, 3.63) is 30.6 Å². The van der Waals surface area contributed by atoms with Crippen molar-refractivity contribution in [3.8, 4) is 11.3 Å². The van der Waals surface area contributed by atoms with E-state index >= 15 is 0 Å². The molecule has 2 aromatic rings. The first-order valence-corrected chi connectivity index (χ1v) is 9.08. The van der Waals surface area contributed by atoms with Crippen LogP contribution in [0.3, 0.4) is 0 Å². The van der Waals surface area contributed by atoms with Gasteiger partial charge in [-0.2, -0.15) is 5.10 Å². The van der Waals surface area contributed by atoms with Gasteiger partial charge in [-0.05, 0) is 51.7 Å². The van der Waals surface area contributed by atoms with Gasteiger partial charge in [0.2, 0.25) is 0 Å². The van der Waals surface area contributed by atoms with Crippen LogP contribution in [0.5, 0.6) is 0 Å². The van der Waals surface area contributed by atoms with E-state index in [1.165, 1.54) is 0 Å². The van der Waals surface area contributed by atoms with Gasteiger partial charge in [-0.3, -0.25) is 10.1 Å². The number of piperidine rings is 1. The number of H-pyrrole nitrogens is 1. The van der Waals surface area contributed by atoms with Gasteiger partial charge in [-0.25, -0.2) is 4.79 Å². The molecule has 3 heterocycles. The van der Waals surface area contributed by atoms with Gasteiger partial charge in [-0.15, -0.1) is 0 Å². The van der Waals surface area contributed by atoms with Gasteiger partial charge in [0.1, 0.15) is 5.60 Å². The van der Waals surface area contributed by atoms with Crippen molar-refractivity contribution >= 4 is 11.9 Å². The number of nitrogens with zero attached hydrogens (tertiary/aromatic N) is 3. The molecule has 0 bridgehead atoms. The lowest BCUT2D eigenvalue weighted by Crippen LogP contribution is -2.40. The van der Waals surface area contributed by atoms with Crippen LogP contribution in [0.2, 0.25) is 0 Å². The molecule has 0 radical (unpaired) electrons. The number of rotatable bonds is 4. The number of nitrogens with one attached hydrogen (secondary N) is 2. The van der Waals surface area contributed by atoms with E-state index in [1.807, 2.05) is 39.1 Å². The quantitative estimate of drug-likeness (QED) is 0.878. The van der Waals surface area contributed by atoms with E-state index in [2.05, 4.69) is 31.5 Å². The van der Waals surface area contributed by atoms with Crippen molar-refractivity contribution in [2.45, 2.75) is 39.2 Å². The summed E-state index contributed by atoms with van der Waals surface area (Å²) >= 11 is 0. The number of carbonyl (C=O) groups excluding carboxylic acids is 1. The van der Waals surface area contributed by atoms with Gasteiger partial charge >= 0.3 is 6.09 Å². The second kappa shape index (κ2) is 7.76. The van der Waals surface area contributed by atoms with E-state index in [4.69, 9.17) is 4.74 Å². The molecular weight excluding hydrogens is 330 g/mol. The average molecular weight is 357 g/mol. The number of pyridine rings is 1. The third kappa shape index (κ3) is 4.97. The standard InChI is InChI=1S/C19H27N5O2/c1-19(2,3)26-18(25)21-12-14-6-9-24(10-7-14)17-11-16(22-23-17)15-5-4-8-20-13-15/h4-5,8,11,13-14H,6-7,9-10,12H2,1-3H3,(H,21,25)(H,22,23). The van der Waals surface area contributed by atoms with Gasteiger partial charge in [0.25, 0.3) is 0 Å². The highest BCUT2D eigenvalue weighted by atomic mass is 16.6. The van der Waals surface area contributed by atoms with Gasteiger partial charge in [0.05, 0.1) is 5.69 Å². The van der Waals surface area contributed by atoms with Gasteiger partial charge in [-0.1, -0.05) is 0 Å². The zero-order valence-electron chi connectivity index (χ0n) is 15.7. The highest BCUT2D eigenvalue weighted by Gasteiger charge is 2.23. The fraction of sp³-hybridized carbons (Fsp3) is 0.526. The Balaban J connectivity index is 1.47. The summed E-state index contributed by atoms with van der Waals surface area (Å²) in [5, 5.41) is 10.4. The number of carbonyl (C=O) groups is 1. The fourth-order valence-electron chi connectivity index (χ4n) is 3.05. The van der Waals surface area contributed by atoms with Crippen molar-refractivity contribution in [1.82, 2.24) is 20.5 Å². The maximum atomic E-state index is 11.8. The smallest absolute Gasteiger partial charge is 0.407 e. The van der Waals surface area contributed by atoms with Gasteiger partial charge < -0.3 is 15.0 Å². The lowest BCUT2D eigenvalue weighted by atomic mass is 9.97. The summed E-state index contributed by atoms with van der Waals surface area (Å²) in [5.41, 5.74) is 1.55. The number of aromatic amines is 1. The Bertz CT molecular complexity index is 715. The van der Waals surface area contributed by atoms with E-state index in [-0.39, 0.29) is 6.09 Å². The van der Waals surface area contributed by atoms with Gasteiger partial charge in [0, 0.05) is 43.7 Å². The van der Waals surface area contributed by atoms with E-state index in [0.29, 0.717) is 12.5 Å². The van der Waals surface area contributed by atoms with Crippen LogP contribution >= 0.6 is 0 Å². The molecule has 0 aromatic carbocycles. The minimum Gasteiger partial charge on any atom is -0.444 e. The summed E-state index contributed by atoms with van der Waals surface area (Å²) in [7, 11) is 0. The van der Waals surface area contributed by atoms with Crippen LogP contribution in [0, 0.1) is 5.92 Å². The maximum Gasteiger partial charge on any atom is 0.407 e. The molecule has 0 saturated carbocycles. The van der Waals surface area contributed by atoms with Crippen LogP contribution < -0.4 is 10.2 Å². The van der Waals surface area contributed by atoms with Crippen LogP contribution in [0.1, 0.15) is 33.6 Å². The zero-order chi connectivity index (χ0) is 18.6. The Labute approximate surface area is 154 Å². The number of amides is 1. The lowest BCUT2D eigenvalue weighted by Gasteiger charge is -2.32. The van der Waals surface area contributed by atoms with Crippen molar-refractivity contribution in [3.63, 3.8) is 0 Å². The second-order valence-electron chi connectivity index (χ2n) is 7.69. The van der Waals surface area contributed by atoms with Crippen LogP contribution in [0.15, 0.2) is 30.6 Å². The lowest BCUT2D eigenvalue weighted by molar-refractivity contribution is 0.0517. The third-order valence-electron chi connectivity index (χ3n) is 4.41. The molecule has 2 aromatic heterocycles. The molecule has 0 unspecified atom stereocenters. The van der Waals surface area contributed by atoms with E-state index < -0.39 is 5.60 Å². The molecule has 0 aliphatic carbocycles. The molecule has 7 nitrogen and oxygen atoms in total. The number of anilines is 1. The number of hydrogen-bond acceptors (Lipinski definition) is 5. The molecule has 26 heavy (non-hydrogen) atoms. The SMILES string of the molecule is CC(C)(C)OC(=O)NCC1CCN(c2cc(-c3cccnc3)[nH]n2)CC1. The molecule has 140 valence electrons. The van der Waals surface area contributed by atoms with Crippen molar-refractivity contribution in [2.24, 2.45) is 5.92 Å². The fourth-order valence-corrected chi connectivity index (χ4v) is 3.05. The molecule has 1 aliphatic heterocycles. The Morgan fingerprint density at radius 3 is 2.81 bits per heavy atom. The highest BCUT2D eigenvalue weighted by molar-refractivity contribution is 5.67. The first-order valence-electron chi connectivity index (χ1n) is 9.08. The maximum absolute atomic E-state index is 11.8. The topological polar surface area (TPSA) is 83.1 Å². The summed E-state index contributed by atoms with van der Waals surface area (Å²) < 4.78 is 5.28. The summed E-state index contributed by atoms with van der Waals surface area (Å²) in [6.07, 6.45) is 5.28. The zero-order valence-corrected chi connectivity index (χ0v) is 15.7. The molecule has 1 aliphatic rings. The van der Waals surface area contributed by atoms with Crippen LogP contribution in [0.4, 0.5) is 10.6 Å². The minimum atomic E-state index is -0.459. The molecule has 1 amide bonds. The average Bonchev–Trinajstić information content (AvgIpc) is 3.10. The second-order valence-corrected chi connectivity index (χ2v) is 7.69. The Kier molecular flexibility index (Phi) is 5.44. The molecule has 2 N–H and O–H groups in total. The van der Waals surface area contributed by atoms with E-state index in [9.17, 15) is 4.79 Å². The van der Waals surface area contributed by atoms with Crippen molar-refractivity contribution in [2.75, 3.05) is 24.5 Å². The number of ether oxygens (including phenoxy) is 1. The summed E-state index contributed by atoms with van der Waals surface area (Å²) in [4.78, 5) is 18.2. The summed E-state index contributed by atoms with van der Waals surface area (Å²) in [6.45, 7) is 8.12. The van der Waals surface area contributed by atoms with Crippen molar-refractivity contribution < 1.29 is 9.53 Å². The predicted octanol–water partition coefficient (Wildman–Crippen LogP) is 3.21. The van der Waals surface area contributed by atoms with Gasteiger partial charge in [0.15, 0.2) is 5.82 Å². The van der Waals surface area contributed by atoms with Crippen LogP contribution in [0.25, 0.3) is 11.3 Å². The molecule has 0 spiro atoms. The first-order chi connectivity index (χ1) is 12.4. The summed E-state index contributed by atoms with van der Waals surface area (Å²) in [5.74, 6) is 1.43. The minimum absolute atomic E-state index is 0.339. The third-order valence-corrected chi connectivity index (χ3v) is 4.41. The highest BCUT2D eigenvalue weighted by Crippen LogP contribution is 2.25. The molecule has 0 atom stereocenters. The number of alkyl carbamates (subject to hydrolysis) is 1. The molecule has 1 fully saturated rings. The first kappa shape index (κ1) is 18.2. The monoisotopic (exact) mass is 357 g/mol. The van der Waals surface area contributed by atoms with Crippen LogP contribution in [-0.2, 0) is 4.74 Å². The Morgan fingerprint density at radius 1 is 1.38 bits per heavy atom. The van der Waals surface area contributed by atoms with Crippen LogP contribution in [-0.4, -0.2) is 46.5 Å². The Morgan fingerprint density at radius 2 is 2.15 bits per heavy atom. The molecular formula is C19H27N5O2. The van der Waals surface area contributed by atoms with Crippen molar-refractivity contribution in [1.29, 1.82) is 0 Å². The largest absolute Gasteiger partial charge is 0.444 e. The van der Waals surface area contributed by atoms with E-state index in [0.717, 1.165) is 43.0 Å². The summed E-state index contributed by atoms with van der Waals surface area (Å²) in [6, 6.07) is 5.99. The molecule has 1 saturated heterocycles.